The molecule has 0 saturated carbocycles. The van der Waals surface area contributed by atoms with Crippen LogP contribution in [0.15, 0.2) is 27.9 Å². The Kier molecular flexibility index (Phi) is 2.54. The third-order valence-electron chi connectivity index (χ3n) is 2.69. The highest BCUT2D eigenvalue weighted by Crippen LogP contribution is 2.18. The summed E-state index contributed by atoms with van der Waals surface area (Å²) in [5, 5.41) is 0.156. The highest BCUT2D eigenvalue weighted by atomic mass is 32.2. The topological polar surface area (TPSA) is 69.0 Å². The van der Waals surface area contributed by atoms with Crippen LogP contribution in [0.2, 0.25) is 0 Å². The summed E-state index contributed by atoms with van der Waals surface area (Å²) in [6.07, 6.45) is 1.08. The van der Waals surface area contributed by atoms with E-state index in [9.17, 15) is 13.2 Å². The van der Waals surface area contributed by atoms with Crippen molar-refractivity contribution in [2.24, 2.45) is 7.05 Å². The number of sulfone groups is 1. The molecule has 1 aromatic heterocycles. The Morgan fingerprint density at radius 3 is 2.53 bits per heavy atom. The molecule has 1 heterocycles. The number of hydrogen-bond donors (Lipinski definition) is 0. The maximum Gasteiger partial charge on any atom is 0.262 e. The molecule has 17 heavy (non-hydrogen) atoms. The molecule has 2 aromatic rings. The fourth-order valence-corrected chi connectivity index (χ4v) is 2.59. The van der Waals surface area contributed by atoms with Crippen LogP contribution >= 0.6 is 0 Å². The summed E-state index contributed by atoms with van der Waals surface area (Å²) in [6.45, 7) is 1.70. The van der Waals surface area contributed by atoms with Crippen LogP contribution in [0.1, 0.15) is 5.82 Å². The van der Waals surface area contributed by atoms with Crippen LogP contribution < -0.4 is 5.56 Å². The fourth-order valence-electron chi connectivity index (χ4n) is 1.70. The molecule has 6 heteroatoms. The van der Waals surface area contributed by atoms with Crippen LogP contribution in [0, 0.1) is 6.92 Å². The van der Waals surface area contributed by atoms with E-state index in [1.807, 2.05) is 0 Å². The minimum Gasteiger partial charge on any atom is -0.299 e. The van der Waals surface area contributed by atoms with Crippen molar-refractivity contribution in [2.75, 3.05) is 6.26 Å². The third-order valence-corrected chi connectivity index (χ3v) is 3.83. The molecule has 0 unspecified atom stereocenters. The molecular formula is C11H12N2O3S. The Bertz CT molecular complexity index is 760. The first-order chi connectivity index (χ1) is 7.82. The second-order valence-corrected chi connectivity index (χ2v) is 5.93. The zero-order valence-electron chi connectivity index (χ0n) is 9.76. The van der Waals surface area contributed by atoms with Gasteiger partial charge in [-0.3, -0.25) is 9.36 Å². The number of fused-ring (bicyclic) bond motifs is 1. The van der Waals surface area contributed by atoms with Crippen molar-refractivity contribution in [1.82, 2.24) is 9.55 Å². The lowest BCUT2D eigenvalue weighted by molar-refractivity contribution is 0.602. The van der Waals surface area contributed by atoms with Crippen LogP contribution in [0.3, 0.4) is 0 Å². The summed E-state index contributed by atoms with van der Waals surface area (Å²) in [4.78, 5) is 16.3. The SMILES string of the molecule is Cc1nc2cccc(S(C)(=O)=O)c2c(=O)n1C. The number of hydrogen-bond acceptors (Lipinski definition) is 4. The Balaban J connectivity index is 3.11. The molecule has 5 nitrogen and oxygen atoms in total. The summed E-state index contributed by atoms with van der Waals surface area (Å²) in [7, 11) is -1.86. The molecule has 0 bridgehead atoms. The molecule has 0 amide bonds. The molecule has 2 rings (SSSR count). The van der Waals surface area contributed by atoms with Gasteiger partial charge in [-0.15, -0.1) is 0 Å². The lowest BCUT2D eigenvalue weighted by Gasteiger charge is -2.07. The van der Waals surface area contributed by atoms with Crippen LogP contribution in [0.5, 0.6) is 0 Å². The molecule has 0 spiro atoms. The molecule has 90 valence electrons. The normalized spacial score (nSPS) is 11.9. The number of nitrogens with zero attached hydrogens (tertiary/aromatic N) is 2. The van der Waals surface area contributed by atoms with Gasteiger partial charge in [-0.25, -0.2) is 13.4 Å². The van der Waals surface area contributed by atoms with Crippen LogP contribution in [-0.4, -0.2) is 24.2 Å². The van der Waals surface area contributed by atoms with Crippen molar-refractivity contribution in [3.8, 4) is 0 Å². The Labute approximate surface area is 98.6 Å². The highest BCUT2D eigenvalue weighted by Gasteiger charge is 2.16. The van der Waals surface area contributed by atoms with Crippen LogP contribution in [-0.2, 0) is 16.9 Å². The van der Waals surface area contributed by atoms with Crippen molar-refractivity contribution in [2.45, 2.75) is 11.8 Å². The number of aryl methyl sites for hydroxylation is 1. The Hall–Kier alpha value is -1.69. The van der Waals surface area contributed by atoms with Crippen molar-refractivity contribution in [3.63, 3.8) is 0 Å². The molecule has 0 aliphatic rings. The van der Waals surface area contributed by atoms with Crippen molar-refractivity contribution < 1.29 is 8.42 Å². The first-order valence-corrected chi connectivity index (χ1v) is 6.88. The lowest BCUT2D eigenvalue weighted by atomic mass is 10.2. The minimum absolute atomic E-state index is 0.0306. The molecule has 0 aliphatic heterocycles. The molecule has 0 atom stereocenters. The van der Waals surface area contributed by atoms with Gasteiger partial charge in [0.15, 0.2) is 9.84 Å². The van der Waals surface area contributed by atoms with E-state index in [1.54, 1.807) is 26.1 Å². The third kappa shape index (κ3) is 1.84. The van der Waals surface area contributed by atoms with E-state index in [0.717, 1.165) is 6.26 Å². The maximum atomic E-state index is 12.1. The Morgan fingerprint density at radius 1 is 1.29 bits per heavy atom. The van der Waals surface area contributed by atoms with Gasteiger partial charge < -0.3 is 0 Å². The van der Waals surface area contributed by atoms with Gasteiger partial charge >= 0.3 is 0 Å². The number of rotatable bonds is 1. The Morgan fingerprint density at radius 2 is 1.94 bits per heavy atom. The van der Waals surface area contributed by atoms with Crippen molar-refractivity contribution in [3.05, 3.63) is 34.4 Å². The van der Waals surface area contributed by atoms with Gasteiger partial charge in [0.05, 0.1) is 15.8 Å². The molecule has 1 aromatic carbocycles. The standard InChI is InChI=1S/C11H12N2O3S/c1-7-12-8-5-4-6-9(17(3,15)16)10(8)11(14)13(7)2/h4-6H,1-3H3. The average molecular weight is 252 g/mol. The predicted octanol–water partition coefficient (Wildman–Crippen LogP) is 0.645. The molecular weight excluding hydrogens is 240 g/mol. The molecule has 0 radical (unpaired) electrons. The van der Waals surface area contributed by atoms with Gasteiger partial charge in [-0.05, 0) is 19.1 Å². The van der Waals surface area contributed by atoms with E-state index >= 15 is 0 Å². The van der Waals surface area contributed by atoms with Crippen LogP contribution in [0.25, 0.3) is 10.9 Å². The first-order valence-electron chi connectivity index (χ1n) is 4.99. The molecule has 0 fully saturated rings. The van der Waals surface area contributed by atoms with Gasteiger partial charge in [-0.2, -0.15) is 0 Å². The predicted molar refractivity (Wildman–Crippen MR) is 64.8 cm³/mol. The summed E-state index contributed by atoms with van der Waals surface area (Å²) < 4.78 is 24.6. The average Bonchev–Trinajstić information content (AvgIpc) is 2.24. The summed E-state index contributed by atoms with van der Waals surface area (Å²) in [5.41, 5.74) is 0.0713. The monoisotopic (exact) mass is 252 g/mol. The lowest BCUT2D eigenvalue weighted by Crippen LogP contribution is -2.22. The molecule has 0 saturated heterocycles. The molecule has 0 N–H and O–H groups in total. The smallest absolute Gasteiger partial charge is 0.262 e. The van der Waals surface area contributed by atoms with E-state index < -0.39 is 9.84 Å². The summed E-state index contributed by atoms with van der Waals surface area (Å²) in [6, 6.07) is 4.65. The second kappa shape index (κ2) is 3.66. The fraction of sp³-hybridized carbons (Fsp3) is 0.273. The largest absolute Gasteiger partial charge is 0.299 e. The molecule has 0 aliphatic carbocycles. The highest BCUT2D eigenvalue weighted by molar-refractivity contribution is 7.91. The van der Waals surface area contributed by atoms with E-state index in [0.29, 0.717) is 11.3 Å². The van der Waals surface area contributed by atoms with E-state index in [4.69, 9.17) is 0 Å². The maximum absolute atomic E-state index is 12.1. The van der Waals surface area contributed by atoms with Gasteiger partial charge in [0.1, 0.15) is 5.82 Å². The zero-order valence-corrected chi connectivity index (χ0v) is 10.6. The van der Waals surface area contributed by atoms with E-state index in [-0.39, 0.29) is 15.8 Å². The number of benzene rings is 1. The van der Waals surface area contributed by atoms with Gasteiger partial charge in [0.25, 0.3) is 5.56 Å². The van der Waals surface area contributed by atoms with E-state index in [2.05, 4.69) is 4.98 Å². The summed E-state index contributed by atoms with van der Waals surface area (Å²) >= 11 is 0. The van der Waals surface area contributed by atoms with Crippen LogP contribution in [0.4, 0.5) is 0 Å². The summed E-state index contributed by atoms with van der Waals surface area (Å²) in [5.74, 6) is 0.549. The quantitative estimate of drug-likeness (QED) is 0.747. The van der Waals surface area contributed by atoms with Gasteiger partial charge in [0, 0.05) is 13.3 Å². The zero-order chi connectivity index (χ0) is 12.8. The minimum atomic E-state index is -3.43. The number of aromatic nitrogens is 2. The first kappa shape index (κ1) is 11.8. The van der Waals surface area contributed by atoms with Gasteiger partial charge in [0.2, 0.25) is 0 Å². The van der Waals surface area contributed by atoms with Crippen molar-refractivity contribution >= 4 is 20.7 Å². The van der Waals surface area contributed by atoms with Crippen molar-refractivity contribution in [1.29, 1.82) is 0 Å². The van der Waals surface area contributed by atoms with E-state index in [1.165, 1.54) is 10.6 Å². The second-order valence-electron chi connectivity index (χ2n) is 3.95. The van der Waals surface area contributed by atoms with Gasteiger partial charge in [-0.1, -0.05) is 6.07 Å².